The Morgan fingerprint density at radius 2 is 1.81 bits per heavy atom. The minimum absolute atomic E-state index is 0.326. The Morgan fingerprint density at radius 1 is 1.04 bits per heavy atom. The van der Waals surface area contributed by atoms with Crippen LogP contribution in [0.4, 0.5) is 5.69 Å². The van der Waals surface area contributed by atoms with Gasteiger partial charge in [0.1, 0.15) is 5.69 Å². The SMILES string of the molecule is O=C(Nc1ccc[n+]([O-])c1)c1cc(-c2ccccc2Cl)nc2ccccc12. The number of hydrogen-bond acceptors (Lipinski definition) is 3. The second kappa shape index (κ2) is 7.05. The van der Waals surface area contributed by atoms with Crippen molar-refractivity contribution in [2.45, 2.75) is 0 Å². The summed E-state index contributed by atoms with van der Waals surface area (Å²) in [6.45, 7) is 0. The van der Waals surface area contributed by atoms with E-state index in [1.54, 1.807) is 24.3 Å². The molecule has 5 nitrogen and oxygen atoms in total. The van der Waals surface area contributed by atoms with Gasteiger partial charge in [0.15, 0.2) is 6.20 Å². The molecular weight excluding hydrogens is 362 g/mol. The number of para-hydroxylation sites is 1. The molecule has 2 heterocycles. The van der Waals surface area contributed by atoms with Crippen molar-refractivity contribution in [3.05, 3.63) is 94.9 Å². The first-order chi connectivity index (χ1) is 13.1. The first-order valence-corrected chi connectivity index (χ1v) is 8.64. The molecule has 0 radical (unpaired) electrons. The number of benzene rings is 2. The van der Waals surface area contributed by atoms with Gasteiger partial charge in [-0.05, 0) is 24.3 Å². The van der Waals surface area contributed by atoms with E-state index in [-0.39, 0.29) is 5.91 Å². The van der Waals surface area contributed by atoms with Crippen LogP contribution in [0.3, 0.4) is 0 Å². The van der Waals surface area contributed by atoms with Gasteiger partial charge in [-0.2, -0.15) is 4.73 Å². The van der Waals surface area contributed by atoms with Crippen molar-refractivity contribution in [2.24, 2.45) is 0 Å². The molecule has 0 bridgehead atoms. The van der Waals surface area contributed by atoms with E-state index in [0.29, 0.717) is 32.2 Å². The summed E-state index contributed by atoms with van der Waals surface area (Å²) < 4.78 is 0.634. The number of anilines is 1. The summed E-state index contributed by atoms with van der Waals surface area (Å²) in [5.74, 6) is -0.326. The van der Waals surface area contributed by atoms with Crippen molar-refractivity contribution in [3.63, 3.8) is 0 Å². The molecule has 0 fully saturated rings. The molecule has 27 heavy (non-hydrogen) atoms. The quantitative estimate of drug-likeness (QED) is 0.425. The molecule has 0 spiro atoms. The number of nitrogens with zero attached hydrogens (tertiary/aromatic N) is 2. The summed E-state index contributed by atoms with van der Waals surface area (Å²) in [6.07, 6.45) is 2.66. The van der Waals surface area contributed by atoms with Gasteiger partial charge in [-0.1, -0.05) is 48.0 Å². The van der Waals surface area contributed by atoms with E-state index in [9.17, 15) is 10.0 Å². The zero-order valence-corrected chi connectivity index (χ0v) is 14.9. The number of rotatable bonds is 3. The molecule has 0 aliphatic heterocycles. The van der Waals surface area contributed by atoms with Crippen LogP contribution in [0.5, 0.6) is 0 Å². The minimum atomic E-state index is -0.326. The molecule has 2 aromatic heterocycles. The highest BCUT2D eigenvalue weighted by Gasteiger charge is 2.16. The monoisotopic (exact) mass is 375 g/mol. The summed E-state index contributed by atoms with van der Waals surface area (Å²) >= 11 is 6.31. The largest absolute Gasteiger partial charge is 0.619 e. The number of fused-ring (bicyclic) bond motifs is 1. The maximum Gasteiger partial charge on any atom is 0.256 e. The summed E-state index contributed by atoms with van der Waals surface area (Å²) in [4.78, 5) is 17.6. The topological polar surface area (TPSA) is 68.9 Å². The molecular formula is C21H14ClN3O2. The third-order valence-corrected chi connectivity index (χ3v) is 4.47. The lowest BCUT2D eigenvalue weighted by molar-refractivity contribution is -0.604. The average molecular weight is 376 g/mol. The number of pyridine rings is 2. The van der Waals surface area contributed by atoms with Crippen LogP contribution in [0.1, 0.15) is 10.4 Å². The zero-order chi connectivity index (χ0) is 18.8. The van der Waals surface area contributed by atoms with Crippen molar-refractivity contribution in [3.8, 4) is 11.3 Å². The van der Waals surface area contributed by atoms with Crippen molar-refractivity contribution in [1.29, 1.82) is 0 Å². The van der Waals surface area contributed by atoms with Crippen LogP contribution in [-0.4, -0.2) is 10.9 Å². The third-order valence-electron chi connectivity index (χ3n) is 4.14. The predicted molar refractivity (Wildman–Crippen MR) is 106 cm³/mol. The normalized spacial score (nSPS) is 10.7. The highest BCUT2D eigenvalue weighted by molar-refractivity contribution is 6.33. The van der Waals surface area contributed by atoms with Gasteiger partial charge < -0.3 is 10.5 Å². The van der Waals surface area contributed by atoms with Gasteiger partial charge >= 0.3 is 0 Å². The molecule has 132 valence electrons. The van der Waals surface area contributed by atoms with Gasteiger partial charge in [0.2, 0.25) is 6.20 Å². The summed E-state index contributed by atoms with van der Waals surface area (Å²) in [7, 11) is 0. The second-order valence-electron chi connectivity index (χ2n) is 5.96. The molecule has 1 amide bonds. The van der Waals surface area contributed by atoms with E-state index in [4.69, 9.17) is 11.6 Å². The van der Waals surface area contributed by atoms with Crippen molar-refractivity contribution < 1.29 is 9.52 Å². The van der Waals surface area contributed by atoms with Gasteiger partial charge in [0.25, 0.3) is 5.91 Å². The van der Waals surface area contributed by atoms with Crippen LogP contribution < -0.4 is 10.0 Å². The second-order valence-corrected chi connectivity index (χ2v) is 6.37. The summed E-state index contributed by atoms with van der Waals surface area (Å²) in [6, 6.07) is 19.7. The lowest BCUT2D eigenvalue weighted by Gasteiger charge is -2.11. The van der Waals surface area contributed by atoms with Crippen LogP contribution >= 0.6 is 11.6 Å². The number of carbonyl (C=O) groups is 1. The maximum absolute atomic E-state index is 12.9. The predicted octanol–water partition coefficient (Wildman–Crippen LogP) is 4.44. The van der Waals surface area contributed by atoms with E-state index >= 15 is 0 Å². The van der Waals surface area contributed by atoms with Crippen molar-refractivity contribution in [1.82, 2.24) is 4.98 Å². The van der Waals surface area contributed by atoms with Gasteiger partial charge in [-0.25, -0.2) is 4.98 Å². The number of carbonyl (C=O) groups excluding carboxylic acids is 1. The minimum Gasteiger partial charge on any atom is -0.619 e. The Kier molecular flexibility index (Phi) is 4.44. The molecule has 1 N–H and O–H groups in total. The van der Waals surface area contributed by atoms with E-state index in [1.165, 1.54) is 12.4 Å². The smallest absolute Gasteiger partial charge is 0.256 e. The first-order valence-electron chi connectivity index (χ1n) is 8.27. The zero-order valence-electron chi connectivity index (χ0n) is 14.1. The maximum atomic E-state index is 12.9. The molecule has 0 saturated heterocycles. The molecule has 0 aliphatic carbocycles. The van der Waals surface area contributed by atoms with Crippen molar-refractivity contribution >= 4 is 34.1 Å². The number of nitrogens with one attached hydrogen (secondary N) is 1. The fourth-order valence-electron chi connectivity index (χ4n) is 2.90. The van der Waals surface area contributed by atoms with Gasteiger partial charge in [-0.3, -0.25) is 4.79 Å². The van der Waals surface area contributed by atoms with E-state index < -0.39 is 0 Å². The number of hydrogen-bond donors (Lipinski definition) is 1. The fraction of sp³-hybridized carbons (Fsp3) is 0. The lowest BCUT2D eigenvalue weighted by atomic mass is 10.0. The summed E-state index contributed by atoms with van der Waals surface area (Å²) in [5, 5.41) is 15.5. The molecule has 0 unspecified atom stereocenters. The number of halogens is 1. The van der Waals surface area contributed by atoms with E-state index in [0.717, 1.165) is 10.9 Å². The number of aromatic nitrogens is 2. The van der Waals surface area contributed by atoms with Gasteiger partial charge in [0.05, 0.1) is 16.8 Å². The summed E-state index contributed by atoms with van der Waals surface area (Å²) in [5.41, 5.74) is 2.91. The van der Waals surface area contributed by atoms with Crippen LogP contribution in [0.2, 0.25) is 5.02 Å². The molecule has 2 aromatic carbocycles. The Balaban J connectivity index is 1.83. The number of amides is 1. The standard InChI is InChI=1S/C21H14ClN3O2/c22-18-9-3-1-8-16(18)20-12-17(15-7-2-4-10-19(15)24-20)21(26)23-14-6-5-11-25(27)13-14/h1-13H,(H,23,26). The Hall–Kier alpha value is -3.44. The Morgan fingerprint density at radius 3 is 2.63 bits per heavy atom. The third kappa shape index (κ3) is 3.45. The van der Waals surface area contributed by atoms with E-state index in [1.807, 2.05) is 42.5 Å². The highest BCUT2D eigenvalue weighted by atomic mass is 35.5. The van der Waals surface area contributed by atoms with Crippen molar-refractivity contribution in [2.75, 3.05) is 5.32 Å². The molecule has 4 aromatic rings. The van der Waals surface area contributed by atoms with Crippen LogP contribution in [-0.2, 0) is 0 Å². The first kappa shape index (κ1) is 17.0. The molecule has 4 rings (SSSR count). The molecule has 0 saturated carbocycles. The Bertz CT molecular complexity index is 1160. The molecule has 0 aliphatic rings. The van der Waals surface area contributed by atoms with Crippen LogP contribution in [0.15, 0.2) is 79.1 Å². The average Bonchev–Trinajstić information content (AvgIpc) is 2.67. The highest BCUT2D eigenvalue weighted by Crippen LogP contribution is 2.30. The Labute approximate surface area is 160 Å². The van der Waals surface area contributed by atoms with Gasteiger partial charge in [0, 0.05) is 22.0 Å². The van der Waals surface area contributed by atoms with Crippen LogP contribution in [0.25, 0.3) is 22.2 Å². The van der Waals surface area contributed by atoms with E-state index in [2.05, 4.69) is 10.3 Å². The molecule has 0 atom stereocenters. The fourth-order valence-corrected chi connectivity index (χ4v) is 3.13. The van der Waals surface area contributed by atoms with Gasteiger partial charge in [-0.15, -0.1) is 0 Å². The molecule has 6 heteroatoms. The lowest BCUT2D eigenvalue weighted by Crippen LogP contribution is -2.25. The van der Waals surface area contributed by atoms with Crippen LogP contribution in [0, 0.1) is 5.21 Å².